The van der Waals surface area contributed by atoms with Crippen molar-refractivity contribution in [2.24, 2.45) is 0 Å². The zero-order chi connectivity index (χ0) is 13.1. The highest BCUT2D eigenvalue weighted by molar-refractivity contribution is 9.10. The van der Waals surface area contributed by atoms with Gasteiger partial charge in [-0.25, -0.2) is 4.68 Å². The molecule has 0 bridgehead atoms. The Bertz CT molecular complexity index is 578. The summed E-state index contributed by atoms with van der Waals surface area (Å²) < 4.78 is 2.81. The quantitative estimate of drug-likeness (QED) is 0.944. The Hall–Kier alpha value is -1.62. The first-order valence-corrected chi connectivity index (χ1v) is 6.39. The van der Waals surface area contributed by atoms with Crippen molar-refractivity contribution in [3.05, 3.63) is 46.2 Å². The van der Waals surface area contributed by atoms with E-state index < -0.39 is 5.97 Å². The van der Waals surface area contributed by atoms with Gasteiger partial charge in [0.15, 0.2) is 0 Å². The van der Waals surface area contributed by atoms with Crippen molar-refractivity contribution >= 4 is 21.9 Å². The van der Waals surface area contributed by atoms with Gasteiger partial charge in [0.05, 0.1) is 17.8 Å². The number of carboxylic acids is 1. The van der Waals surface area contributed by atoms with Gasteiger partial charge in [-0.05, 0) is 31.2 Å². The van der Waals surface area contributed by atoms with Gasteiger partial charge in [0.25, 0.3) is 0 Å². The molecule has 94 valence electrons. The van der Waals surface area contributed by atoms with Crippen LogP contribution in [0.25, 0.3) is 5.69 Å². The van der Waals surface area contributed by atoms with E-state index in [0.717, 1.165) is 21.5 Å². The number of carboxylic acid groups (broad SMARTS) is 1. The zero-order valence-corrected chi connectivity index (χ0v) is 11.5. The van der Waals surface area contributed by atoms with Crippen LogP contribution in [-0.2, 0) is 11.2 Å². The summed E-state index contributed by atoms with van der Waals surface area (Å²) in [5, 5.41) is 13.1. The molecule has 0 fully saturated rings. The van der Waals surface area contributed by atoms with Crippen molar-refractivity contribution in [3.8, 4) is 5.69 Å². The highest BCUT2D eigenvalue weighted by Crippen LogP contribution is 2.17. The molecule has 18 heavy (non-hydrogen) atoms. The second-order valence-electron chi connectivity index (χ2n) is 4.06. The number of hydrogen-bond donors (Lipinski definition) is 1. The monoisotopic (exact) mass is 308 g/mol. The lowest BCUT2D eigenvalue weighted by atomic mass is 10.2. The molecule has 4 nitrogen and oxygen atoms in total. The van der Waals surface area contributed by atoms with E-state index in [1.807, 2.05) is 41.9 Å². The van der Waals surface area contributed by atoms with Crippen molar-refractivity contribution in [3.63, 3.8) is 0 Å². The highest BCUT2D eigenvalue weighted by atomic mass is 79.9. The summed E-state index contributed by atoms with van der Waals surface area (Å²) in [7, 11) is 0. The third-order valence-corrected chi connectivity index (χ3v) is 3.08. The average Bonchev–Trinajstić information content (AvgIpc) is 2.68. The predicted molar refractivity (Wildman–Crippen MR) is 72.0 cm³/mol. The van der Waals surface area contributed by atoms with Gasteiger partial charge in [-0.15, -0.1) is 0 Å². The Labute approximate surface area is 113 Å². The van der Waals surface area contributed by atoms with Crippen LogP contribution < -0.4 is 0 Å². The van der Waals surface area contributed by atoms with Gasteiger partial charge in [-0.1, -0.05) is 22.0 Å². The summed E-state index contributed by atoms with van der Waals surface area (Å²) >= 11 is 3.42. The van der Waals surface area contributed by atoms with Crippen molar-refractivity contribution in [1.82, 2.24) is 9.78 Å². The van der Waals surface area contributed by atoms with E-state index in [4.69, 9.17) is 5.11 Å². The van der Waals surface area contributed by atoms with Gasteiger partial charge in [-0.2, -0.15) is 5.10 Å². The predicted octanol–water partition coefficient (Wildman–Crippen LogP) is 2.96. The average molecular weight is 309 g/mol. The summed E-state index contributed by atoms with van der Waals surface area (Å²) in [6, 6.07) is 9.75. The molecule has 2 aromatic rings. The molecule has 0 aliphatic rings. The Kier molecular flexibility index (Phi) is 3.81. The molecule has 0 spiro atoms. The second kappa shape index (κ2) is 5.35. The molecule has 1 aromatic carbocycles. The fourth-order valence-electron chi connectivity index (χ4n) is 1.76. The maximum absolute atomic E-state index is 10.5. The molecular formula is C13H13BrN2O2. The first-order chi connectivity index (χ1) is 8.56. The maximum atomic E-state index is 10.5. The summed E-state index contributed by atoms with van der Waals surface area (Å²) in [6.07, 6.45) is 0.562. The van der Waals surface area contributed by atoms with Crippen LogP contribution in [0.15, 0.2) is 34.8 Å². The van der Waals surface area contributed by atoms with Crippen LogP contribution in [0.5, 0.6) is 0 Å². The number of rotatable bonds is 4. The fraction of sp³-hybridized carbons (Fsp3) is 0.231. The van der Waals surface area contributed by atoms with Gasteiger partial charge in [0.2, 0.25) is 0 Å². The first-order valence-electron chi connectivity index (χ1n) is 5.59. The van der Waals surface area contributed by atoms with E-state index in [1.54, 1.807) is 0 Å². The largest absolute Gasteiger partial charge is 0.481 e. The minimum Gasteiger partial charge on any atom is -0.481 e. The van der Waals surface area contributed by atoms with Gasteiger partial charge in [0.1, 0.15) is 0 Å². The standard InChI is InChI=1S/C13H13BrN2O2/c1-9-7-11(5-6-13(17)18)15-16(9)12-4-2-3-10(14)8-12/h2-4,7-8H,5-6H2,1H3,(H,17,18). The number of aliphatic carboxylic acids is 1. The molecule has 0 atom stereocenters. The van der Waals surface area contributed by atoms with Crippen LogP contribution in [0.3, 0.4) is 0 Å². The third-order valence-electron chi connectivity index (χ3n) is 2.59. The smallest absolute Gasteiger partial charge is 0.303 e. The lowest BCUT2D eigenvalue weighted by molar-refractivity contribution is -0.136. The number of carbonyl (C=O) groups is 1. The zero-order valence-electron chi connectivity index (χ0n) is 9.93. The number of aryl methyl sites for hydroxylation is 2. The van der Waals surface area contributed by atoms with Crippen LogP contribution in [0.2, 0.25) is 0 Å². The lowest BCUT2D eigenvalue weighted by Crippen LogP contribution is -2.01. The summed E-state index contributed by atoms with van der Waals surface area (Å²) in [4.78, 5) is 10.5. The van der Waals surface area contributed by atoms with Crippen molar-refractivity contribution < 1.29 is 9.90 Å². The molecule has 1 N–H and O–H groups in total. The van der Waals surface area contributed by atoms with Crippen molar-refractivity contribution in [2.45, 2.75) is 19.8 Å². The summed E-state index contributed by atoms with van der Waals surface area (Å²) in [5.41, 5.74) is 2.76. The van der Waals surface area contributed by atoms with Crippen molar-refractivity contribution in [1.29, 1.82) is 0 Å². The SMILES string of the molecule is Cc1cc(CCC(=O)O)nn1-c1cccc(Br)c1. The molecule has 0 saturated heterocycles. The number of aromatic nitrogens is 2. The van der Waals surface area contributed by atoms with E-state index in [1.165, 1.54) is 0 Å². The Morgan fingerprint density at radius 3 is 2.89 bits per heavy atom. The van der Waals surface area contributed by atoms with Gasteiger partial charge >= 0.3 is 5.97 Å². The number of benzene rings is 1. The first kappa shape index (κ1) is 12.8. The fourth-order valence-corrected chi connectivity index (χ4v) is 2.15. The van der Waals surface area contributed by atoms with Crippen LogP contribution in [0, 0.1) is 6.92 Å². The number of halogens is 1. The number of nitrogens with zero attached hydrogens (tertiary/aromatic N) is 2. The van der Waals surface area contributed by atoms with E-state index in [0.29, 0.717) is 6.42 Å². The molecule has 0 aliphatic carbocycles. The van der Waals surface area contributed by atoms with E-state index in [9.17, 15) is 4.79 Å². The molecule has 1 aromatic heterocycles. The topological polar surface area (TPSA) is 55.1 Å². The Morgan fingerprint density at radius 2 is 2.22 bits per heavy atom. The highest BCUT2D eigenvalue weighted by Gasteiger charge is 2.08. The Balaban J connectivity index is 2.26. The van der Waals surface area contributed by atoms with Gasteiger partial charge < -0.3 is 5.11 Å². The number of hydrogen-bond acceptors (Lipinski definition) is 2. The van der Waals surface area contributed by atoms with Crippen molar-refractivity contribution in [2.75, 3.05) is 0 Å². The lowest BCUT2D eigenvalue weighted by Gasteiger charge is -2.04. The minimum absolute atomic E-state index is 0.106. The minimum atomic E-state index is -0.801. The van der Waals surface area contributed by atoms with Crippen LogP contribution in [0.4, 0.5) is 0 Å². The van der Waals surface area contributed by atoms with Crippen LogP contribution in [-0.4, -0.2) is 20.9 Å². The summed E-state index contributed by atoms with van der Waals surface area (Å²) in [6.45, 7) is 1.96. The molecule has 0 amide bonds. The Morgan fingerprint density at radius 1 is 1.44 bits per heavy atom. The molecule has 2 rings (SSSR count). The van der Waals surface area contributed by atoms with E-state index in [2.05, 4.69) is 21.0 Å². The molecule has 5 heteroatoms. The third kappa shape index (κ3) is 2.98. The molecule has 1 heterocycles. The van der Waals surface area contributed by atoms with E-state index in [-0.39, 0.29) is 6.42 Å². The van der Waals surface area contributed by atoms with Crippen LogP contribution >= 0.6 is 15.9 Å². The van der Waals surface area contributed by atoms with E-state index >= 15 is 0 Å². The maximum Gasteiger partial charge on any atom is 0.303 e. The molecule has 0 aliphatic heterocycles. The molecule has 0 radical (unpaired) electrons. The molecule has 0 saturated carbocycles. The normalized spacial score (nSPS) is 10.6. The second-order valence-corrected chi connectivity index (χ2v) is 4.98. The van der Waals surface area contributed by atoms with Gasteiger partial charge in [0, 0.05) is 16.6 Å². The summed E-state index contributed by atoms with van der Waals surface area (Å²) in [5.74, 6) is -0.801. The molecule has 0 unspecified atom stereocenters. The van der Waals surface area contributed by atoms with Crippen LogP contribution in [0.1, 0.15) is 17.8 Å². The van der Waals surface area contributed by atoms with Gasteiger partial charge in [-0.3, -0.25) is 4.79 Å². The molecular weight excluding hydrogens is 296 g/mol.